The fourth-order valence-electron chi connectivity index (χ4n) is 8.96. The molecule has 0 atom stereocenters. The Hall–Kier alpha value is -7.44. The van der Waals surface area contributed by atoms with Crippen LogP contribution in [0.25, 0.3) is 105 Å². The van der Waals surface area contributed by atoms with Gasteiger partial charge < -0.3 is 18.7 Å². The summed E-state index contributed by atoms with van der Waals surface area (Å²) in [6, 6.07) is 73.9. The predicted octanol–water partition coefficient (Wildman–Crippen LogP) is 14.8. The number of aromatic nitrogens is 1. The van der Waals surface area contributed by atoms with Crippen LogP contribution in [0.15, 0.2) is 211 Å². The Labute approximate surface area is 380 Å². The van der Waals surface area contributed by atoms with Gasteiger partial charge in [0.1, 0.15) is 11.2 Å². The molecule has 2 aromatic heterocycles. The van der Waals surface area contributed by atoms with E-state index in [1.54, 1.807) is 21.3 Å². The minimum atomic E-state index is -1.06. The Morgan fingerprint density at radius 3 is 1.54 bits per heavy atom. The Morgan fingerprint density at radius 2 is 0.892 bits per heavy atom. The second kappa shape index (κ2) is 16.0. The lowest BCUT2D eigenvalue weighted by Crippen LogP contribution is -2.49. The highest BCUT2D eigenvalue weighted by atomic mass is 16.5. The van der Waals surface area contributed by atoms with Crippen molar-refractivity contribution in [3.05, 3.63) is 206 Å². The van der Waals surface area contributed by atoms with Gasteiger partial charge in [-0.05, 0) is 149 Å². The molecule has 0 aliphatic heterocycles. The smallest absolute Gasteiger partial charge is 0.334 e. The van der Waals surface area contributed by atoms with E-state index < -0.39 is 11.2 Å². The molecule has 0 bridgehead atoms. The van der Waals surface area contributed by atoms with Crippen molar-refractivity contribution in [1.29, 1.82) is 0 Å². The largest absolute Gasteiger partial charge is 0.457 e. The van der Waals surface area contributed by atoms with Crippen LogP contribution >= 0.6 is 0 Å². The quantitative estimate of drug-likeness (QED) is 0.140. The molecule has 0 unspecified atom stereocenters. The first-order valence-electron chi connectivity index (χ1n) is 22.3. The van der Waals surface area contributed by atoms with Gasteiger partial charge in [0.15, 0.2) is 0 Å². The van der Waals surface area contributed by atoms with E-state index in [9.17, 15) is 5.11 Å². The number of benzene rings is 9. The Bertz CT molecular complexity index is 3560. The van der Waals surface area contributed by atoms with E-state index in [1.807, 2.05) is 32.0 Å². The van der Waals surface area contributed by atoms with Gasteiger partial charge in [0.05, 0.1) is 22.2 Å². The van der Waals surface area contributed by atoms with E-state index in [0.717, 1.165) is 55.3 Å². The average Bonchev–Trinajstić information content (AvgIpc) is 3.89. The van der Waals surface area contributed by atoms with Gasteiger partial charge in [-0.15, -0.1) is 0 Å². The maximum Gasteiger partial charge on any atom is 0.334 e. The molecule has 313 valence electrons. The van der Waals surface area contributed by atoms with Crippen molar-refractivity contribution >= 4 is 56.7 Å². The lowest BCUT2D eigenvalue weighted by molar-refractivity contribution is -0.0893. The zero-order valence-electron chi connectivity index (χ0n) is 36.9. The van der Waals surface area contributed by atoms with E-state index in [-0.39, 0.29) is 0 Å². The van der Waals surface area contributed by atoms with Crippen LogP contribution < -0.4 is 5.46 Å². The summed E-state index contributed by atoms with van der Waals surface area (Å²) in [5.74, 6) is 0. The number of hydrogen-bond donors (Lipinski definition) is 1. The van der Waals surface area contributed by atoms with Gasteiger partial charge in [0, 0.05) is 27.2 Å². The summed E-state index contributed by atoms with van der Waals surface area (Å²) in [7, 11) is 1.73. The summed E-state index contributed by atoms with van der Waals surface area (Å²) in [4.78, 5) is 0. The van der Waals surface area contributed by atoms with Crippen LogP contribution in [0.4, 0.5) is 0 Å². The van der Waals surface area contributed by atoms with Crippen molar-refractivity contribution in [1.82, 2.24) is 4.57 Å². The minimum absolute atomic E-state index is 0.754. The first kappa shape index (κ1) is 40.3. The van der Waals surface area contributed by atoms with Crippen molar-refractivity contribution in [2.45, 2.75) is 38.9 Å². The van der Waals surface area contributed by atoms with Gasteiger partial charge >= 0.3 is 7.48 Å². The SMILES string of the molecule is CC(C)(O)C(C)(C)O[B]c1cc(-c2cccc(-c3ccc(-n4c5ccccc5c5cc(-c6cccc(-c7cccc(-c8ccccc8)c7)c6)ccc54)cc3)c2)cc2c1oc1ccccc12. The normalized spacial score (nSPS) is 12.1. The van der Waals surface area contributed by atoms with Crippen LogP contribution in [-0.2, 0) is 4.65 Å². The molecule has 0 aliphatic rings. The summed E-state index contributed by atoms with van der Waals surface area (Å²) in [5.41, 5.74) is 15.5. The van der Waals surface area contributed by atoms with Crippen molar-refractivity contribution in [2.75, 3.05) is 0 Å². The van der Waals surface area contributed by atoms with E-state index in [4.69, 9.17) is 9.07 Å². The van der Waals surface area contributed by atoms with E-state index in [2.05, 4.69) is 193 Å². The third kappa shape index (κ3) is 7.43. The molecule has 11 rings (SSSR count). The second-order valence-corrected chi connectivity index (χ2v) is 18.1. The summed E-state index contributed by atoms with van der Waals surface area (Å²) in [6.45, 7) is 7.31. The second-order valence-electron chi connectivity index (χ2n) is 18.1. The van der Waals surface area contributed by atoms with E-state index in [0.29, 0.717) is 0 Å². The third-order valence-electron chi connectivity index (χ3n) is 13.3. The highest BCUT2D eigenvalue weighted by molar-refractivity contribution is 6.51. The fraction of sp³-hybridized carbons (Fsp3) is 0.100. The maximum atomic E-state index is 10.8. The summed E-state index contributed by atoms with van der Waals surface area (Å²) < 4.78 is 15.1. The van der Waals surface area contributed by atoms with Gasteiger partial charge in [-0.25, -0.2) is 0 Å². The molecule has 65 heavy (non-hydrogen) atoms. The number of hydrogen-bond acceptors (Lipinski definition) is 3. The first-order chi connectivity index (χ1) is 31.6. The molecular formula is C60H47BNO3. The predicted molar refractivity (Wildman–Crippen MR) is 272 cm³/mol. The number of nitrogens with zero attached hydrogens (tertiary/aromatic N) is 1. The van der Waals surface area contributed by atoms with Crippen LogP contribution in [0.2, 0.25) is 0 Å². The van der Waals surface area contributed by atoms with Crippen LogP contribution in [0.5, 0.6) is 0 Å². The van der Waals surface area contributed by atoms with Gasteiger partial charge in [0.2, 0.25) is 0 Å². The van der Waals surface area contributed by atoms with Crippen LogP contribution in [0, 0.1) is 0 Å². The molecule has 0 spiro atoms. The average molecular weight is 841 g/mol. The number of para-hydroxylation sites is 2. The molecule has 9 aromatic carbocycles. The number of aliphatic hydroxyl groups is 1. The zero-order valence-corrected chi connectivity index (χ0v) is 36.9. The monoisotopic (exact) mass is 840 g/mol. The fourth-order valence-corrected chi connectivity index (χ4v) is 8.96. The first-order valence-corrected chi connectivity index (χ1v) is 22.3. The van der Waals surface area contributed by atoms with E-state index in [1.165, 1.54) is 55.2 Å². The highest BCUT2D eigenvalue weighted by Crippen LogP contribution is 2.38. The lowest BCUT2D eigenvalue weighted by atomic mass is 9.80. The lowest BCUT2D eigenvalue weighted by Gasteiger charge is -2.37. The van der Waals surface area contributed by atoms with Crippen LogP contribution in [0.1, 0.15) is 27.7 Å². The minimum Gasteiger partial charge on any atom is -0.457 e. The summed E-state index contributed by atoms with van der Waals surface area (Å²) in [6.07, 6.45) is 0. The Morgan fingerprint density at radius 1 is 0.415 bits per heavy atom. The summed E-state index contributed by atoms with van der Waals surface area (Å²) >= 11 is 0. The van der Waals surface area contributed by atoms with Crippen molar-refractivity contribution < 1.29 is 14.2 Å². The molecule has 0 saturated heterocycles. The molecule has 0 saturated carbocycles. The van der Waals surface area contributed by atoms with E-state index >= 15 is 0 Å². The molecule has 0 fully saturated rings. The van der Waals surface area contributed by atoms with Crippen LogP contribution in [-0.4, -0.2) is 28.4 Å². The molecule has 0 aliphatic carbocycles. The van der Waals surface area contributed by atoms with Crippen molar-refractivity contribution in [3.8, 4) is 61.3 Å². The number of fused-ring (bicyclic) bond motifs is 6. The van der Waals surface area contributed by atoms with Gasteiger partial charge in [-0.1, -0.05) is 146 Å². The Balaban J connectivity index is 0.920. The third-order valence-corrected chi connectivity index (χ3v) is 13.3. The number of furan rings is 1. The standard InChI is InChI=1S/C60H47BNO3/c1-59(2,63)60(3,4)65-61-54-38-48(37-53-51-24-9-11-26-57(51)64-58(53)54)46-22-13-18-42(34-46)40-27-30-49(31-28-40)62-55-25-10-8-23-50(55)52-36-47(29-32-56(52)62)45-21-14-20-44(35-45)43-19-12-17-41(33-43)39-15-6-5-7-16-39/h5-38,63H,1-4H3. The zero-order chi connectivity index (χ0) is 44.3. The molecule has 4 nitrogen and oxygen atoms in total. The van der Waals surface area contributed by atoms with Gasteiger partial charge in [-0.3, -0.25) is 0 Å². The molecule has 2 heterocycles. The molecule has 1 N–H and O–H groups in total. The van der Waals surface area contributed by atoms with Crippen molar-refractivity contribution in [3.63, 3.8) is 0 Å². The maximum absolute atomic E-state index is 10.8. The van der Waals surface area contributed by atoms with Crippen molar-refractivity contribution in [2.24, 2.45) is 0 Å². The Kier molecular flexibility index (Phi) is 9.91. The van der Waals surface area contributed by atoms with Gasteiger partial charge in [-0.2, -0.15) is 0 Å². The molecule has 0 amide bonds. The highest BCUT2D eigenvalue weighted by Gasteiger charge is 2.36. The summed E-state index contributed by atoms with van der Waals surface area (Å²) in [5, 5.41) is 15.3. The van der Waals surface area contributed by atoms with Crippen LogP contribution in [0.3, 0.4) is 0 Å². The molecular weight excluding hydrogens is 793 g/mol. The van der Waals surface area contributed by atoms with Gasteiger partial charge in [0.25, 0.3) is 0 Å². The number of rotatable bonds is 10. The molecule has 1 radical (unpaired) electrons. The molecule has 5 heteroatoms. The molecule has 11 aromatic rings. The topological polar surface area (TPSA) is 47.5 Å².